The van der Waals surface area contributed by atoms with Crippen molar-refractivity contribution in [2.45, 2.75) is 22.2 Å². The average Bonchev–Trinajstić information content (AvgIpc) is 2.96. The fourth-order valence-electron chi connectivity index (χ4n) is 2.87. The Labute approximate surface area is 116 Å². The molecule has 2 aromatic carbocycles. The highest BCUT2D eigenvalue weighted by atomic mass is 127. The maximum atomic E-state index is 2.61. The molecule has 17 heavy (non-hydrogen) atoms. The highest BCUT2D eigenvalue weighted by Gasteiger charge is 2.64. The van der Waals surface area contributed by atoms with Crippen molar-refractivity contribution in [2.75, 3.05) is 0 Å². The Hall–Kier alpha value is -0.830. The van der Waals surface area contributed by atoms with E-state index >= 15 is 0 Å². The molecule has 0 heterocycles. The van der Waals surface area contributed by atoms with Crippen molar-refractivity contribution >= 4 is 22.6 Å². The van der Waals surface area contributed by atoms with Crippen LogP contribution in [0.4, 0.5) is 0 Å². The van der Waals surface area contributed by atoms with E-state index in [-0.39, 0.29) is 5.41 Å². The van der Waals surface area contributed by atoms with Gasteiger partial charge in [0.15, 0.2) is 0 Å². The second-order valence-electron chi connectivity index (χ2n) is 5.01. The van der Waals surface area contributed by atoms with Crippen LogP contribution in [0.25, 0.3) is 0 Å². The van der Waals surface area contributed by atoms with E-state index in [1.54, 1.807) is 0 Å². The van der Waals surface area contributed by atoms with Crippen molar-refractivity contribution in [1.29, 1.82) is 0 Å². The summed E-state index contributed by atoms with van der Waals surface area (Å²) in [5, 5.41) is 0. The molecular weight excluding hydrogens is 319 g/mol. The first-order valence-electron chi connectivity index (χ1n) is 5.97. The highest BCUT2D eigenvalue weighted by Crippen LogP contribution is 2.66. The zero-order valence-electron chi connectivity index (χ0n) is 9.86. The minimum atomic E-state index is 0.218. The van der Waals surface area contributed by atoms with Gasteiger partial charge in [0.1, 0.15) is 0 Å². The molecule has 0 N–H and O–H groups in total. The zero-order chi connectivity index (χ0) is 11.9. The number of alkyl halides is 1. The number of hydrogen-bond donors (Lipinski definition) is 0. The molecule has 1 unspecified atom stereocenters. The third-order valence-corrected chi connectivity index (χ3v) is 5.20. The summed E-state index contributed by atoms with van der Waals surface area (Å²) in [6.45, 7) is 2.35. The summed E-state index contributed by atoms with van der Waals surface area (Å²) in [7, 11) is 0. The predicted molar refractivity (Wildman–Crippen MR) is 80.7 cm³/mol. The van der Waals surface area contributed by atoms with Crippen LogP contribution in [0.1, 0.15) is 24.5 Å². The summed E-state index contributed by atoms with van der Waals surface area (Å²) in [6.07, 6.45) is 1.23. The Morgan fingerprint density at radius 2 is 1.18 bits per heavy atom. The molecule has 3 rings (SSSR count). The molecule has 1 aliphatic carbocycles. The van der Waals surface area contributed by atoms with Gasteiger partial charge in [0, 0.05) is 8.84 Å². The Morgan fingerprint density at radius 1 is 0.824 bits per heavy atom. The van der Waals surface area contributed by atoms with Gasteiger partial charge in [-0.2, -0.15) is 0 Å². The average molecular weight is 334 g/mol. The van der Waals surface area contributed by atoms with E-state index in [2.05, 4.69) is 90.2 Å². The van der Waals surface area contributed by atoms with Crippen molar-refractivity contribution in [1.82, 2.24) is 0 Å². The van der Waals surface area contributed by atoms with Crippen LogP contribution in [0.2, 0.25) is 0 Å². The van der Waals surface area contributed by atoms with E-state index < -0.39 is 0 Å². The first-order valence-corrected chi connectivity index (χ1v) is 7.05. The molecule has 1 aliphatic rings. The SMILES string of the molecule is CC1(I)CC1(c1ccccc1)c1ccccc1. The van der Waals surface area contributed by atoms with Crippen LogP contribution < -0.4 is 0 Å². The maximum absolute atomic E-state index is 2.61. The second-order valence-corrected chi connectivity index (χ2v) is 7.39. The Kier molecular flexibility index (Phi) is 2.54. The molecule has 0 nitrogen and oxygen atoms in total. The first-order chi connectivity index (χ1) is 8.17. The lowest BCUT2D eigenvalue weighted by Crippen LogP contribution is -2.17. The molecule has 0 aliphatic heterocycles. The lowest BCUT2D eigenvalue weighted by atomic mass is 9.86. The summed E-state index contributed by atoms with van der Waals surface area (Å²) >= 11 is 2.61. The molecule has 0 saturated heterocycles. The Balaban J connectivity index is 2.15. The fraction of sp³-hybridized carbons (Fsp3) is 0.250. The van der Waals surface area contributed by atoms with Crippen LogP contribution in [-0.2, 0) is 5.41 Å². The smallest absolute Gasteiger partial charge is 0.0359 e. The molecule has 0 amide bonds. The second kappa shape index (κ2) is 3.84. The maximum Gasteiger partial charge on any atom is 0.0359 e. The topological polar surface area (TPSA) is 0 Å². The van der Waals surface area contributed by atoms with Gasteiger partial charge in [0.25, 0.3) is 0 Å². The van der Waals surface area contributed by atoms with Crippen molar-refractivity contribution in [3.8, 4) is 0 Å². The van der Waals surface area contributed by atoms with E-state index in [9.17, 15) is 0 Å². The molecule has 1 heteroatoms. The number of halogens is 1. The van der Waals surface area contributed by atoms with Crippen molar-refractivity contribution in [3.63, 3.8) is 0 Å². The highest BCUT2D eigenvalue weighted by molar-refractivity contribution is 14.1. The van der Waals surface area contributed by atoms with Gasteiger partial charge in [0.05, 0.1) is 0 Å². The van der Waals surface area contributed by atoms with E-state index in [1.807, 2.05) is 0 Å². The monoisotopic (exact) mass is 334 g/mol. The van der Waals surface area contributed by atoms with Gasteiger partial charge < -0.3 is 0 Å². The third-order valence-electron chi connectivity index (χ3n) is 3.90. The van der Waals surface area contributed by atoms with Gasteiger partial charge in [-0.3, -0.25) is 0 Å². The van der Waals surface area contributed by atoms with Crippen LogP contribution in [0, 0.1) is 0 Å². The van der Waals surface area contributed by atoms with Crippen LogP contribution in [-0.4, -0.2) is 3.42 Å². The van der Waals surface area contributed by atoms with Crippen LogP contribution in [0.5, 0.6) is 0 Å². The van der Waals surface area contributed by atoms with Crippen LogP contribution in [0.3, 0.4) is 0 Å². The normalized spacial score (nSPS) is 25.5. The minimum absolute atomic E-state index is 0.218. The third kappa shape index (κ3) is 1.63. The first kappa shape index (κ1) is 11.3. The Morgan fingerprint density at radius 3 is 1.47 bits per heavy atom. The summed E-state index contributed by atoms with van der Waals surface area (Å²) < 4.78 is 0.341. The molecule has 2 aromatic rings. The van der Waals surface area contributed by atoms with Gasteiger partial charge in [0.2, 0.25) is 0 Å². The lowest BCUT2D eigenvalue weighted by Gasteiger charge is -2.20. The van der Waals surface area contributed by atoms with E-state index in [1.165, 1.54) is 17.5 Å². The van der Waals surface area contributed by atoms with E-state index in [0.29, 0.717) is 3.42 Å². The standard InChI is InChI=1S/C16H15I/c1-15(17)12-16(15,13-8-4-2-5-9-13)14-10-6-3-7-11-14/h2-11H,12H2,1H3. The molecular formula is C16H15I. The Bertz CT molecular complexity index is 474. The summed E-state index contributed by atoms with van der Waals surface area (Å²) in [4.78, 5) is 0. The van der Waals surface area contributed by atoms with E-state index in [4.69, 9.17) is 0 Å². The predicted octanol–water partition coefficient (Wildman–Crippen LogP) is 4.57. The number of rotatable bonds is 2. The number of benzene rings is 2. The lowest BCUT2D eigenvalue weighted by molar-refractivity contribution is 0.797. The minimum Gasteiger partial charge on any atom is -0.0778 e. The summed E-state index contributed by atoms with van der Waals surface area (Å²) in [5.74, 6) is 0. The van der Waals surface area contributed by atoms with Gasteiger partial charge in [-0.25, -0.2) is 0 Å². The van der Waals surface area contributed by atoms with Crippen LogP contribution in [0.15, 0.2) is 60.7 Å². The largest absolute Gasteiger partial charge is 0.0778 e. The van der Waals surface area contributed by atoms with Crippen LogP contribution >= 0.6 is 22.6 Å². The van der Waals surface area contributed by atoms with E-state index in [0.717, 1.165) is 0 Å². The molecule has 1 saturated carbocycles. The fourth-order valence-corrected chi connectivity index (χ4v) is 4.07. The van der Waals surface area contributed by atoms with Crippen molar-refractivity contribution < 1.29 is 0 Å². The molecule has 0 bridgehead atoms. The summed E-state index contributed by atoms with van der Waals surface area (Å²) in [6, 6.07) is 21.8. The van der Waals surface area contributed by atoms with Gasteiger partial charge >= 0.3 is 0 Å². The molecule has 0 spiro atoms. The van der Waals surface area contributed by atoms with Gasteiger partial charge in [-0.15, -0.1) is 0 Å². The number of hydrogen-bond acceptors (Lipinski definition) is 0. The molecule has 1 fully saturated rings. The van der Waals surface area contributed by atoms with Gasteiger partial charge in [-0.1, -0.05) is 83.3 Å². The molecule has 86 valence electrons. The summed E-state index contributed by atoms with van der Waals surface area (Å²) in [5.41, 5.74) is 3.11. The van der Waals surface area contributed by atoms with Crippen molar-refractivity contribution in [3.05, 3.63) is 71.8 Å². The molecule has 0 radical (unpaired) electrons. The molecule has 1 atom stereocenters. The zero-order valence-corrected chi connectivity index (χ0v) is 12.0. The molecule has 0 aromatic heterocycles. The quantitative estimate of drug-likeness (QED) is 0.557. The van der Waals surface area contributed by atoms with Crippen molar-refractivity contribution in [2.24, 2.45) is 0 Å². The van der Waals surface area contributed by atoms with Gasteiger partial charge in [-0.05, 0) is 24.5 Å².